The van der Waals surface area contributed by atoms with Gasteiger partial charge in [-0.2, -0.15) is 0 Å². The first-order valence-corrected chi connectivity index (χ1v) is 7.52. The maximum Gasteiger partial charge on any atom is 0.325 e. The molecule has 0 aliphatic carbocycles. The standard InChI is InChI=1S/C15H15F2N3O5/c16-8-5-9(17)11(21)6-10(8)18-12(22)7-20-13(23)15(19-14(20)24)1-3-25-4-2-15/h5-6,21H,1-4,7H2,(H,18,22)(H,19,24). The number of halogens is 2. The first-order chi connectivity index (χ1) is 11.8. The van der Waals surface area contributed by atoms with Gasteiger partial charge in [0.05, 0.1) is 5.69 Å². The largest absolute Gasteiger partial charge is 0.505 e. The van der Waals surface area contributed by atoms with Gasteiger partial charge in [0.2, 0.25) is 5.91 Å². The molecule has 1 aromatic rings. The Bertz CT molecular complexity index is 749. The number of imide groups is 1. The second-order valence-corrected chi connectivity index (χ2v) is 5.85. The van der Waals surface area contributed by atoms with Crippen molar-refractivity contribution in [2.24, 2.45) is 0 Å². The first kappa shape index (κ1) is 17.1. The van der Waals surface area contributed by atoms with Crippen LogP contribution in [0.2, 0.25) is 0 Å². The van der Waals surface area contributed by atoms with E-state index in [1.807, 2.05) is 0 Å². The Labute approximate surface area is 140 Å². The number of benzene rings is 1. The summed E-state index contributed by atoms with van der Waals surface area (Å²) >= 11 is 0. The highest BCUT2D eigenvalue weighted by atomic mass is 19.1. The van der Waals surface area contributed by atoms with E-state index >= 15 is 0 Å². The van der Waals surface area contributed by atoms with E-state index in [1.54, 1.807) is 0 Å². The third-order valence-electron chi connectivity index (χ3n) is 4.20. The molecule has 0 saturated carbocycles. The van der Waals surface area contributed by atoms with Gasteiger partial charge in [0.25, 0.3) is 5.91 Å². The van der Waals surface area contributed by atoms with Crippen molar-refractivity contribution in [1.29, 1.82) is 0 Å². The molecule has 2 heterocycles. The van der Waals surface area contributed by atoms with Gasteiger partial charge in [-0.15, -0.1) is 0 Å². The lowest BCUT2D eigenvalue weighted by molar-refractivity contribution is -0.136. The van der Waals surface area contributed by atoms with Crippen molar-refractivity contribution in [2.75, 3.05) is 25.1 Å². The number of amides is 4. The molecule has 0 bridgehead atoms. The van der Waals surface area contributed by atoms with Crippen molar-refractivity contribution >= 4 is 23.5 Å². The van der Waals surface area contributed by atoms with Gasteiger partial charge >= 0.3 is 6.03 Å². The quantitative estimate of drug-likeness (QED) is 0.692. The summed E-state index contributed by atoms with van der Waals surface area (Å²) in [5.74, 6) is -4.52. The molecule has 134 valence electrons. The van der Waals surface area contributed by atoms with E-state index < -0.39 is 53.0 Å². The maximum atomic E-state index is 13.6. The monoisotopic (exact) mass is 355 g/mol. The number of carbonyl (C=O) groups is 3. The molecule has 0 atom stereocenters. The predicted octanol–water partition coefficient (Wildman–Crippen LogP) is 0.710. The summed E-state index contributed by atoms with van der Waals surface area (Å²) in [6.45, 7) is -0.0108. The Balaban J connectivity index is 1.70. The molecule has 0 aromatic heterocycles. The van der Waals surface area contributed by atoms with Crippen molar-refractivity contribution in [3.63, 3.8) is 0 Å². The van der Waals surface area contributed by atoms with Crippen LogP contribution in [0.25, 0.3) is 0 Å². The topological polar surface area (TPSA) is 108 Å². The number of ether oxygens (including phenoxy) is 1. The Hall–Kier alpha value is -2.75. The minimum Gasteiger partial charge on any atom is -0.505 e. The highest BCUT2D eigenvalue weighted by molar-refractivity contribution is 6.10. The average Bonchev–Trinajstić information content (AvgIpc) is 2.77. The zero-order valence-electron chi connectivity index (χ0n) is 13.0. The summed E-state index contributed by atoms with van der Waals surface area (Å²) in [6.07, 6.45) is 0.603. The van der Waals surface area contributed by atoms with Crippen LogP contribution in [0.1, 0.15) is 12.8 Å². The maximum absolute atomic E-state index is 13.6. The molecule has 0 unspecified atom stereocenters. The van der Waals surface area contributed by atoms with Crippen molar-refractivity contribution in [3.05, 3.63) is 23.8 Å². The van der Waals surface area contributed by atoms with E-state index in [9.17, 15) is 28.3 Å². The van der Waals surface area contributed by atoms with Crippen LogP contribution in [0, 0.1) is 11.6 Å². The Morgan fingerprint density at radius 2 is 1.96 bits per heavy atom. The van der Waals surface area contributed by atoms with Crippen molar-refractivity contribution in [2.45, 2.75) is 18.4 Å². The van der Waals surface area contributed by atoms with Gasteiger partial charge < -0.3 is 20.5 Å². The molecule has 0 radical (unpaired) electrons. The molecule has 2 fully saturated rings. The van der Waals surface area contributed by atoms with Crippen LogP contribution < -0.4 is 10.6 Å². The zero-order valence-corrected chi connectivity index (χ0v) is 13.0. The molecule has 1 aromatic carbocycles. The minimum absolute atomic E-state index is 0.302. The van der Waals surface area contributed by atoms with E-state index in [1.165, 1.54) is 0 Å². The number of urea groups is 1. The van der Waals surface area contributed by atoms with Crippen LogP contribution in [0.3, 0.4) is 0 Å². The zero-order chi connectivity index (χ0) is 18.2. The van der Waals surface area contributed by atoms with Crippen LogP contribution in [-0.2, 0) is 14.3 Å². The predicted molar refractivity (Wildman–Crippen MR) is 79.7 cm³/mol. The Morgan fingerprint density at radius 3 is 2.64 bits per heavy atom. The van der Waals surface area contributed by atoms with Crippen molar-refractivity contribution in [1.82, 2.24) is 10.2 Å². The number of phenols is 1. The van der Waals surface area contributed by atoms with Crippen LogP contribution in [-0.4, -0.2) is 53.1 Å². The molecular formula is C15H15F2N3O5. The van der Waals surface area contributed by atoms with E-state index in [4.69, 9.17) is 4.74 Å². The molecule has 4 amide bonds. The van der Waals surface area contributed by atoms with E-state index in [2.05, 4.69) is 10.6 Å². The van der Waals surface area contributed by atoms with Gasteiger partial charge in [-0.05, 0) is 0 Å². The summed E-state index contributed by atoms with van der Waals surface area (Å²) in [5, 5.41) is 13.9. The molecule has 2 aliphatic rings. The number of rotatable bonds is 3. The molecular weight excluding hydrogens is 340 g/mol. The fraction of sp³-hybridized carbons (Fsp3) is 0.400. The fourth-order valence-electron chi connectivity index (χ4n) is 2.85. The first-order valence-electron chi connectivity index (χ1n) is 7.52. The fourth-order valence-corrected chi connectivity index (χ4v) is 2.85. The van der Waals surface area contributed by atoms with Crippen LogP contribution in [0.4, 0.5) is 19.3 Å². The normalized spacial score (nSPS) is 19.2. The van der Waals surface area contributed by atoms with Gasteiger partial charge in [-0.3, -0.25) is 14.5 Å². The molecule has 25 heavy (non-hydrogen) atoms. The summed E-state index contributed by atoms with van der Waals surface area (Å²) < 4.78 is 31.8. The van der Waals surface area contributed by atoms with Gasteiger partial charge in [0.15, 0.2) is 11.6 Å². The lowest BCUT2D eigenvalue weighted by Crippen LogP contribution is -2.51. The summed E-state index contributed by atoms with van der Waals surface area (Å²) in [7, 11) is 0. The van der Waals surface area contributed by atoms with Crippen LogP contribution >= 0.6 is 0 Å². The van der Waals surface area contributed by atoms with Crippen LogP contribution in [0.15, 0.2) is 12.1 Å². The highest BCUT2D eigenvalue weighted by Gasteiger charge is 2.52. The van der Waals surface area contributed by atoms with E-state index in [0.29, 0.717) is 38.2 Å². The summed E-state index contributed by atoms with van der Waals surface area (Å²) in [4.78, 5) is 37.3. The van der Waals surface area contributed by atoms with Crippen LogP contribution in [0.5, 0.6) is 5.75 Å². The summed E-state index contributed by atoms with van der Waals surface area (Å²) in [5.41, 5.74) is -1.54. The van der Waals surface area contributed by atoms with Gasteiger partial charge in [0.1, 0.15) is 17.9 Å². The molecule has 1 spiro atoms. The SMILES string of the molecule is O=C(CN1C(=O)NC2(CCOCC2)C1=O)Nc1cc(O)c(F)cc1F. The number of aromatic hydroxyl groups is 1. The van der Waals surface area contributed by atoms with Crippen molar-refractivity contribution in [3.8, 4) is 5.75 Å². The third kappa shape index (κ3) is 3.12. The van der Waals surface area contributed by atoms with E-state index in [0.717, 1.165) is 4.90 Å². The number of carbonyl (C=O) groups excluding carboxylic acids is 3. The number of phenolic OH excluding ortho intramolecular Hbond substituents is 1. The third-order valence-corrected chi connectivity index (χ3v) is 4.20. The lowest BCUT2D eigenvalue weighted by atomic mass is 9.90. The number of nitrogens with one attached hydrogen (secondary N) is 2. The molecule has 3 rings (SSSR count). The molecule has 8 nitrogen and oxygen atoms in total. The number of nitrogens with zero attached hydrogens (tertiary/aromatic N) is 1. The van der Waals surface area contributed by atoms with Gasteiger partial charge in [-0.25, -0.2) is 13.6 Å². The Morgan fingerprint density at radius 1 is 1.28 bits per heavy atom. The number of hydrogen-bond donors (Lipinski definition) is 3. The lowest BCUT2D eigenvalue weighted by Gasteiger charge is -2.30. The highest BCUT2D eigenvalue weighted by Crippen LogP contribution is 2.28. The molecule has 3 N–H and O–H groups in total. The van der Waals surface area contributed by atoms with Gasteiger partial charge in [0, 0.05) is 38.2 Å². The molecule has 10 heteroatoms. The Kier molecular flexibility index (Phi) is 4.29. The smallest absolute Gasteiger partial charge is 0.325 e. The number of hydrogen-bond acceptors (Lipinski definition) is 5. The average molecular weight is 355 g/mol. The van der Waals surface area contributed by atoms with E-state index in [-0.39, 0.29) is 0 Å². The van der Waals surface area contributed by atoms with Gasteiger partial charge in [-0.1, -0.05) is 0 Å². The molecule has 2 aliphatic heterocycles. The second-order valence-electron chi connectivity index (χ2n) is 5.85. The summed E-state index contributed by atoms with van der Waals surface area (Å²) in [6, 6.07) is 0.397. The molecule has 2 saturated heterocycles. The second kappa shape index (κ2) is 6.28. The van der Waals surface area contributed by atoms with Crippen molar-refractivity contribution < 1.29 is 33.0 Å². The minimum atomic E-state index is -1.17. The number of anilines is 1.